The van der Waals surface area contributed by atoms with E-state index in [4.69, 9.17) is 18.9 Å². The average Bonchev–Trinajstić information content (AvgIpc) is 3.21. The number of aryl methyl sites for hydroxylation is 1. The van der Waals surface area contributed by atoms with Crippen molar-refractivity contribution >= 4 is 23.1 Å². The molecule has 8 heteroatoms. The van der Waals surface area contributed by atoms with Crippen molar-refractivity contribution in [3.05, 3.63) is 82.9 Å². The Bertz CT molecular complexity index is 1430. The third-order valence-corrected chi connectivity index (χ3v) is 6.57. The summed E-state index contributed by atoms with van der Waals surface area (Å²) in [5, 5.41) is 11.5. The summed E-state index contributed by atoms with van der Waals surface area (Å²) >= 11 is 0. The van der Waals surface area contributed by atoms with Crippen molar-refractivity contribution in [3.63, 3.8) is 0 Å². The Hall–Kier alpha value is -4.46. The zero-order valence-electron chi connectivity index (χ0n) is 21.5. The molecule has 3 aromatic carbocycles. The Balaban J connectivity index is 1.65. The number of nitrogens with zero attached hydrogens (tertiary/aromatic N) is 1. The number of amides is 1. The number of aliphatic hydroxyl groups excluding tert-OH is 1. The second-order valence-electron chi connectivity index (χ2n) is 9.10. The summed E-state index contributed by atoms with van der Waals surface area (Å²) in [5.41, 5.74) is 2.27. The second-order valence-corrected chi connectivity index (χ2v) is 9.10. The molecule has 0 radical (unpaired) electrons. The van der Waals surface area contributed by atoms with Crippen LogP contribution < -0.4 is 23.8 Å². The highest BCUT2D eigenvalue weighted by Crippen LogP contribution is 2.45. The van der Waals surface area contributed by atoms with Gasteiger partial charge in [-0.3, -0.25) is 14.5 Å². The maximum absolute atomic E-state index is 13.5. The Morgan fingerprint density at radius 1 is 1.03 bits per heavy atom. The Kier molecular flexibility index (Phi) is 6.96. The van der Waals surface area contributed by atoms with Gasteiger partial charge in [0.2, 0.25) is 0 Å². The number of aliphatic hydroxyl groups is 1. The first-order chi connectivity index (χ1) is 18.4. The molecule has 1 N–H and O–H groups in total. The molecule has 0 spiro atoms. The van der Waals surface area contributed by atoms with Crippen molar-refractivity contribution in [2.24, 2.45) is 0 Å². The normalized spacial score (nSPS) is 18.0. The molecule has 1 unspecified atom stereocenters. The van der Waals surface area contributed by atoms with Gasteiger partial charge in [0.05, 0.1) is 25.3 Å². The number of ketones is 1. The first kappa shape index (κ1) is 25.2. The van der Waals surface area contributed by atoms with Crippen molar-refractivity contribution in [2.75, 3.05) is 31.8 Å². The molecule has 2 aliphatic rings. The highest BCUT2D eigenvalue weighted by atomic mass is 16.6. The standard InChI is InChI=1S/C30H29NO7/c1-4-12-36-23-10-8-20(15-18(23)2)28(32)26-27(19-6-5-7-22(16-19)35-3)31(30(34)29(26)33)21-9-11-24-25(17-21)38-14-13-37-24/h5-11,15-17,27,32H,4,12-14H2,1-3H3/b28-26+. The number of rotatable bonds is 7. The van der Waals surface area contributed by atoms with E-state index in [1.165, 1.54) is 4.90 Å². The molecule has 8 nitrogen and oxygen atoms in total. The van der Waals surface area contributed by atoms with Gasteiger partial charge in [-0.15, -0.1) is 0 Å². The Labute approximate surface area is 221 Å². The van der Waals surface area contributed by atoms with Crippen LogP contribution in [0, 0.1) is 6.92 Å². The van der Waals surface area contributed by atoms with Crippen LogP contribution in [0.25, 0.3) is 5.76 Å². The van der Waals surface area contributed by atoms with Crippen LogP contribution in [0.15, 0.2) is 66.2 Å². The molecule has 196 valence electrons. The first-order valence-corrected chi connectivity index (χ1v) is 12.5. The average molecular weight is 516 g/mol. The lowest BCUT2D eigenvalue weighted by molar-refractivity contribution is -0.132. The fourth-order valence-electron chi connectivity index (χ4n) is 4.73. The predicted molar refractivity (Wildman–Crippen MR) is 142 cm³/mol. The van der Waals surface area contributed by atoms with Gasteiger partial charge in [-0.2, -0.15) is 0 Å². The van der Waals surface area contributed by atoms with Gasteiger partial charge < -0.3 is 24.1 Å². The van der Waals surface area contributed by atoms with Crippen LogP contribution in [0.3, 0.4) is 0 Å². The molecule has 5 rings (SSSR count). The molecule has 1 saturated heterocycles. The zero-order chi connectivity index (χ0) is 26.8. The highest BCUT2D eigenvalue weighted by Gasteiger charge is 2.47. The molecule has 1 atom stereocenters. The fourth-order valence-corrected chi connectivity index (χ4v) is 4.73. The van der Waals surface area contributed by atoms with Crippen molar-refractivity contribution in [3.8, 4) is 23.0 Å². The van der Waals surface area contributed by atoms with Gasteiger partial charge >= 0.3 is 0 Å². The third-order valence-electron chi connectivity index (χ3n) is 6.57. The van der Waals surface area contributed by atoms with Crippen molar-refractivity contribution in [1.29, 1.82) is 0 Å². The van der Waals surface area contributed by atoms with E-state index in [0.717, 1.165) is 12.0 Å². The number of methoxy groups -OCH3 is 1. The SMILES string of the molecule is CCCOc1ccc(/C(O)=C2\C(=O)C(=O)N(c3ccc4c(c3)OCCO4)C2c2cccc(OC)c2)cc1C. The highest BCUT2D eigenvalue weighted by molar-refractivity contribution is 6.51. The van der Waals surface area contributed by atoms with Crippen molar-refractivity contribution < 1.29 is 33.6 Å². The minimum atomic E-state index is -0.899. The number of hydrogen-bond acceptors (Lipinski definition) is 7. The summed E-state index contributed by atoms with van der Waals surface area (Å²) in [6.45, 7) is 5.28. The Morgan fingerprint density at radius 2 is 1.82 bits per heavy atom. The van der Waals surface area contributed by atoms with E-state index < -0.39 is 17.7 Å². The maximum Gasteiger partial charge on any atom is 0.300 e. The van der Waals surface area contributed by atoms with Gasteiger partial charge in [0.25, 0.3) is 11.7 Å². The van der Waals surface area contributed by atoms with E-state index in [-0.39, 0.29) is 11.3 Å². The van der Waals surface area contributed by atoms with Gasteiger partial charge in [-0.25, -0.2) is 0 Å². The van der Waals surface area contributed by atoms with Crippen LogP contribution in [0.2, 0.25) is 0 Å². The maximum atomic E-state index is 13.5. The van der Waals surface area contributed by atoms with E-state index in [0.29, 0.717) is 59.6 Å². The molecule has 1 amide bonds. The lowest BCUT2D eigenvalue weighted by Crippen LogP contribution is -2.29. The lowest BCUT2D eigenvalue weighted by Gasteiger charge is -2.27. The van der Waals surface area contributed by atoms with E-state index in [1.54, 1.807) is 67.8 Å². The number of carbonyl (C=O) groups excluding carboxylic acids is 2. The monoisotopic (exact) mass is 515 g/mol. The molecule has 0 aromatic heterocycles. The van der Waals surface area contributed by atoms with Gasteiger partial charge in [-0.1, -0.05) is 19.1 Å². The molecular weight excluding hydrogens is 486 g/mol. The molecule has 3 aromatic rings. The van der Waals surface area contributed by atoms with Gasteiger partial charge in [0, 0.05) is 17.3 Å². The number of ether oxygens (including phenoxy) is 4. The molecular formula is C30H29NO7. The zero-order valence-corrected chi connectivity index (χ0v) is 21.5. The van der Waals surface area contributed by atoms with Crippen LogP contribution in [0.1, 0.15) is 36.1 Å². The van der Waals surface area contributed by atoms with Crippen LogP contribution in [0.4, 0.5) is 5.69 Å². The number of fused-ring (bicyclic) bond motifs is 1. The number of anilines is 1. The largest absolute Gasteiger partial charge is 0.507 e. The number of hydrogen-bond donors (Lipinski definition) is 1. The summed E-state index contributed by atoms with van der Waals surface area (Å²) in [6.07, 6.45) is 0.866. The van der Waals surface area contributed by atoms with E-state index >= 15 is 0 Å². The van der Waals surface area contributed by atoms with E-state index in [1.807, 2.05) is 13.8 Å². The van der Waals surface area contributed by atoms with Gasteiger partial charge in [-0.05, 0) is 66.9 Å². The molecule has 0 saturated carbocycles. The van der Waals surface area contributed by atoms with E-state index in [9.17, 15) is 14.7 Å². The molecule has 0 bridgehead atoms. The van der Waals surface area contributed by atoms with Gasteiger partial charge in [0.15, 0.2) is 11.5 Å². The number of carbonyl (C=O) groups is 2. The summed E-state index contributed by atoms with van der Waals surface area (Å²) in [7, 11) is 1.54. The number of benzene rings is 3. The van der Waals surface area contributed by atoms with Crippen molar-refractivity contribution in [2.45, 2.75) is 26.3 Å². The van der Waals surface area contributed by atoms with Crippen molar-refractivity contribution in [1.82, 2.24) is 0 Å². The predicted octanol–water partition coefficient (Wildman–Crippen LogP) is 5.19. The van der Waals surface area contributed by atoms with Crippen LogP contribution in [0.5, 0.6) is 23.0 Å². The van der Waals surface area contributed by atoms with E-state index in [2.05, 4.69) is 0 Å². The quantitative estimate of drug-likeness (QED) is 0.263. The first-order valence-electron chi connectivity index (χ1n) is 12.5. The topological polar surface area (TPSA) is 94.5 Å². The second kappa shape index (κ2) is 10.5. The molecule has 0 aliphatic carbocycles. The molecule has 2 heterocycles. The lowest BCUT2D eigenvalue weighted by atomic mass is 9.94. The van der Waals surface area contributed by atoms with Gasteiger partial charge in [0.1, 0.15) is 30.5 Å². The summed E-state index contributed by atoms with van der Waals surface area (Å²) in [4.78, 5) is 28.4. The molecule has 38 heavy (non-hydrogen) atoms. The Morgan fingerprint density at radius 3 is 2.55 bits per heavy atom. The molecule has 2 aliphatic heterocycles. The van der Waals surface area contributed by atoms with Crippen LogP contribution >= 0.6 is 0 Å². The summed E-state index contributed by atoms with van der Waals surface area (Å²) in [5.74, 6) is 0.507. The number of Topliss-reactive ketones (excluding diaryl/α,β-unsaturated/α-hetero) is 1. The fraction of sp³-hybridized carbons (Fsp3) is 0.267. The third kappa shape index (κ3) is 4.53. The summed E-state index contributed by atoms with van der Waals surface area (Å²) < 4.78 is 22.5. The summed E-state index contributed by atoms with van der Waals surface area (Å²) in [6, 6.07) is 16.5. The van der Waals surface area contributed by atoms with Crippen LogP contribution in [-0.2, 0) is 9.59 Å². The molecule has 1 fully saturated rings. The smallest absolute Gasteiger partial charge is 0.300 e. The minimum absolute atomic E-state index is 0.0141. The minimum Gasteiger partial charge on any atom is -0.507 e. The van der Waals surface area contributed by atoms with Crippen LogP contribution in [-0.4, -0.2) is 43.7 Å².